The van der Waals surface area contributed by atoms with Crippen molar-refractivity contribution >= 4 is 17.2 Å². The third-order valence-corrected chi connectivity index (χ3v) is 3.92. The molecule has 0 saturated carbocycles. The van der Waals surface area contributed by atoms with Gasteiger partial charge in [0.1, 0.15) is 0 Å². The van der Waals surface area contributed by atoms with Crippen LogP contribution in [-0.2, 0) is 17.6 Å². The summed E-state index contributed by atoms with van der Waals surface area (Å²) in [5.74, 6) is 0.154. The van der Waals surface area contributed by atoms with Crippen LogP contribution < -0.4 is 5.32 Å². The summed E-state index contributed by atoms with van der Waals surface area (Å²) >= 11 is 1.71. The Morgan fingerprint density at radius 2 is 1.89 bits per heavy atom. The highest BCUT2D eigenvalue weighted by Gasteiger charge is 2.02. The summed E-state index contributed by atoms with van der Waals surface area (Å²) in [6.07, 6.45) is 3.45. The highest BCUT2D eigenvalue weighted by Crippen LogP contribution is 2.10. The van der Waals surface area contributed by atoms with Crippen LogP contribution >= 0.6 is 11.3 Å². The van der Waals surface area contributed by atoms with Crippen molar-refractivity contribution in [2.45, 2.75) is 25.7 Å². The number of amides is 1. The fourth-order valence-electron chi connectivity index (χ4n) is 1.94. The first-order chi connectivity index (χ1) is 9.34. The molecule has 1 amide bonds. The molecule has 3 heteroatoms. The number of hydrogen-bond acceptors (Lipinski definition) is 2. The predicted octanol–water partition coefficient (Wildman–Crippen LogP) is 3.43. The zero-order valence-corrected chi connectivity index (χ0v) is 11.8. The van der Waals surface area contributed by atoms with Crippen molar-refractivity contribution in [1.82, 2.24) is 5.32 Å². The largest absolute Gasteiger partial charge is 0.356 e. The lowest BCUT2D eigenvalue weighted by Gasteiger charge is -2.05. The predicted molar refractivity (Wildman–Crippen MR) is 80.4 cm³/mol. The summed E-state index contributed by atoms with van der Waals surface area (Å²) in [7, 11) is 0. The van der Waals surface area contributed by atoms with Crippen molar-refractivity contribution in [2.24, 2.45) is 0 Å². The van der Waals surface area contributed by atoms with E-state index in [1.54, 1.807) is 11.3 Å². The molecule has 2 nitrogen and oxygen atoms in total. The Balaban J connectivity index is 1.57. The monoisotopic (exact) mass is 273 g/mol. The zero-order valence-electron chi connectivity index (χ0n) is 11.0. The fourth-order valence-corrected chi connectivity index (χ4v) is 2.65. The molecule has 2 aromatic rings. The Morgan fingerprint density at radius 1 is 1.05 bits per heavy atom. The highest BCUT2D eigenvalue weighted by molar-refractivity contribution is 7.09. The zero-order chi connectivity index (χ0) is 13.3. The maximum Gasteiger partial charge on any atom is 0.220 e. The van der Waals surface area contributed by atoms with Gasteiger partial charge in [0.2, 0.25) is 5.91 Å². The van der Waals surface area contributed by atoms with Crippen LogP contribution in [0.3, 0.4) is 0 Å². The van der Waals surface area contributed by atoms with Gasteiger partial charge in [-0.05, 0) is 36.3 Å². The van der Waals surface area contributed by atoms with Crippen LogP contribution in [0.5, 0.6) is 0 Å². The van der Waals surface area contributed by atoms with Gasteiger partial charge in [0.05, 0.1) is 0 Å². The number of aryl methyl sites for hydroxylation is 2. The second kappa shape index (κ2) is 7.74. The summed E-state index contributed by atoms with van der Waals surface area (Å²) in [5.41, 5.74) is 1.33. The van der Waals surface area contributed by atoms with E-state index < -0.39 is 0 Å². The molecule has 0 aliphatic rings. The van der Waals surface area contributed by atoms with Crippen molar-refractivity contribution in [3.8, 4) is 0 Å². The van der Waals surface area contributed by atoms with Crippen LogP contribution in [0.15, 0.2) is 47.8 Å². The lowest BCUT2D eigenvalue weighted by Crippen LogP contribution is -2.24. The Hall–Kier alpha value is -1.61. The van der Waals surface area contributed by atoms with E-state index in [4.69, 9.17) is 0 Å². The maximum absolute atomic E-state index is 11.6. The normalized spacial score (nSPS) is 10.3. The van der Waals surface area contributed by atoms with Crippen molar-refractivity contribution in [1.29, 1.82) is 0 Å². The van der Waals surface area contributed by atoms with Crippen molar-refractivity contribution in [3.63, 3.8) is 0 Å². The van der Waals surface area contributed by atoms with Gasteiger partial charge in [-0.1, -0.05) is 36.4 Å². The number of rotatable bonds is 7. The molecule has 0 aliphatic carbocycles. The van der Waals surface area contributed by atoms with E-state index in [1.165, 1.54) is 10.4 Å². The summed E-state index contributed by atoms with van der Waals surface area (Å²) in [4.78, 5) is 12.9. The van der Waals surface area contributed by atoms with E-state index in [0.29, 0.717) is 6.42 Å². The lowest BCUT2D eigenvalue weighted by molar-refractivity contribution is -0.121. The number of hydrogen-bond donors (Lipinski definition) is 1. The molecular weight excluding hydrogens is 254 g/mol. The fraction of sp³-hybridized carbons (Fsp3) is 0.312. The molecule has 0 spiro atoms. The van der Waals surface area contributed by atoms with Gasteiger partial charge in [-0.2, -0.15) is 0 Å². The SMILES string of the molecule is O=C(CCc1cccs1)NCCCc1ccccc1. The first kappa shape index (κ1) is 13.8. The third kappa shape index (κ3) is 5.26. The highest BCUT2D eigenvalue weighted by atomic mass is 32.1. The van der Waals surface area contributed by atoms with Gasteiger partial charge in [-0.25, -0.2) is 0 Å². The molecule has 1 aromatic carbocycles. The topological polar surface area (TPSA) is 29.1 Å². The quantitative estimate of drug-likeness (QED) is 0.769. The number of carbonyl (C=O) groups is 1. The number of benzene rings is 1. The van der Waals surface area contributed by atoms with Crippen LogP contribution in [0.1, 0.15) is 23.3 Å². The molecule has 100 valence electrons. The standard InChI is InChI=1S/C16H19NOS/c18-16(11-10-15-9-5-13-19-15)17-12-4-8-14-6-2-1-3-7-14/h1-3,5-7,9,13H,4,8,10-12H2,(H,17,18). The van der Waals surface area contributed by atoms with Crippen molar-refractivity contribution < 1.29 is 4.79 Å². The molecule has 1 N–H and O–H groups in total. The molecule has 0 unspecified atom stereocenters. The third-order valence-electron chi connectivity index (χ3n) is 2.99. The second-order valence-corrected chi connectivity index (χ2v) is 5.55. The minimum absolute atomic E-state index is 0.154. The molecular formula is C16H19NOS. The van der Waals surface area contributed by atoms with Crippen LogP contribution in [0.2, 0.25) is 0 Å². The molecule has 1 aromatic heterocycles. The van der Waals surface area contributed by atoms with Crippen LogP contribution in [0.4, 0.5) is 0 Å². The molecule has 1 heterocycles. The van der Waals surface area contributed by atoms with Gasteiger partial charge < -0.3 is 5.32 Å². The van der Waals surface area contributed by atoms with E-state index in [1.807, 2.05) is 17.5 Å². The molecule has 0 bridgehead atoms. The summed E-state index contributed by atoms with van der Waals surface area (Å²) < 4.78 is 0. The Bertz CT molecular complexity index is 479. The van der Waals surface area contributed by atoms with Crippen LogP contribution in [0, 0.1) is 0 Å². The van der Waals surface area contributed by atoms with E-state index in [0.717, 1.165) is 25.8 Å². The minimum Gasteiger partial charge on any atom is -0.356 e. The summed E-state index contributed by atoms with van der Waals surface area (Å²) in [5, 5.41) is 5.03. The molecule has 19 heavy (non-hydrogen) atoms. The summed E-state index contributed by atoms with van der Waals surface area (Å²) in [6.45, 7) is 0.762. The maximum atomic E-state index is 11.6. The first-order valence-corrected chi connectivity index (χ1v) is 7.55. The smallest absolute Gasteiger partial charge is 0.220 e. The van der Waals surface area contributed by atoms with E-state index >= 15 is 0 Å². The molecule has 0 atom stereocenters. The second-order valence-electron chi connectivity index (χ2n) is 4.52. The van der Waals surface area contributed by atoms with Crippen LogP contribution in [-0.4, -0.2) is 12.5 Å². The van der Waals surface area contributed by atoms with Gasteiger partial charge in [-0.3, -0.25) is 4.79 Å². The van der Waals surface area contributed by atoms with Gasteiger partial charge in [-0.15, -0.1) is 11.3 Å². The Labute approximate surface area is 118 Å². The molecule has 0 radical (unpaired) electrons. The molecule has 0 aliphatic heterocycles. The Morgan fingerprint density at radius 3 is 2.63 bits per heavy atom. The van der Waals surface area contributed by atoms with Gasteiger partial charge in [0.25, 0.3) is 0 Å². The number of carbonyl (C=O) groups excluding carboxylic acids is 1. The van der Waals surface area contributed by atoms with Gasteiger partial charge >= 0.3 is 0 Å². The number of thiophene rings is 1. The molecule has 0 fully saturated rings. The summed E-state index contributed by atoms with van der Waals surface area (Å²) in [6, 6.07) is 14.5. The molecule has 2 rings (SSSR count). The van der Waals surface area contributed by atoms with Gasteiger partial charge in [0.15, 0.2) is 0 Å². The number of nitrogens with one attached hydrogen (secondary N) is 1. The van der Waals surface area contributed by atoms with E-state index in [9.17, 15) is 4.79 Å². The first-order valence-electron chi connectivity index (χ1n) is 6.67. The van der Waals surface area contributed by atoms with E-state index in [2.05, 4.69) is 35.6 Å². The lowest BCUT2D eigenvalue weighted by atomic mass is 10.1. The van der Waals surface area contributed by atoms with Crippen molar-refractivity contribution in [3.05, 3.63) is 58.3 Å². The van der Waals surface area contributed by atoms with Crippen LogP contribution in [0.25, 0.3) is 0 Å². The van der Waals surface area contributed by atoms with Crippen molar-refractivity contribution in [2.75, 3.05) is 6.54 Å². The minimum atomic E-state index is 0.154. The molecule has 0 saturated heterocycles. The average molecular weight is 273 g/mol. The van der Waals surface area contributed by atoms with Gasteiger partial charge in [0, 0.05) is 17.8 Å². The average Bonchev–Trinajstić information content (AvgIpc) is 2.96. The van der Waals surface area contributed by atoms with E-state index in [-0.39, 0.29) is 5.91 Å². The Kier molecular flexibility index (Phi) is 5.63.